The lowest BCUT2D eigenvalue weighted by Gasteiger charge is -2.33. The fraction of sp³-hybridized carbons (Fsp3) is 0.276. The van der Waals surface area contributed by atoms with E-state index in [9.17, 15) is 5.26 Å². The highest BCUT2D eigenvalue weighted by Crippen LogP contribution is 2.36. The molecule has 1 N–H and O–H groups in total. The highest BCUT2D eigenvalue weighted by atomic mass is 35.5. The maximum absolute atomic E-state index is 9.76. The number of hydrogen-bond donors (Lipinski definition) is 1. The molecule has 0 saturated carbocycles. The van der Waals surface area contributed by atoms with Crippen LogP contribution in [0.25, 0.3) is 17.0 Å². The van der Waals surface area contributed by atoms with Gasteiger partial charge in [-0.3, -0.25) is 9.88 Å². The van der Waals surface area contributed by atoms with E-state index < -0.39 is 0 Å². The van der Waals surface area contributed by atoms with Crippen LogP contribution in [0.2, 0.25) is 5.02 Å². The Morgan fingerprint density at radius 1 is 1.11 bits per heavy atom. The van der Waals surface area contributed by atoms with Gasteiger partial charge in [0.25, 0.3) is 0 Å². The Kier molecular flexibility index (Phi) is 8.30. The quantitative estimate of drug-likeness (QED) is 0.290. The van der Waals surface area contributed by atoms with Crippen molar-refractivity contribution in [1.82, 2.24) is 24.3 Å². The van der Waals surface area contributed by atoms with E-state index in [0.717, 1.165) is 77.2 Å². The van der Waals surface area contributed by atoms with Gasteiger partial charge in [0.05, 0.1) is 21.8 Å². The van der Waals surface area contributed by atoms with Gasteiger partial charge >= 0.3 is 0 Å². The first kappa shape index (κ1) is 26.3. The molecule has 194 valence electrons. The summed E-state index contributed by atoms with van der Waals surface area (Å²) >= 11 is 8.12. The molecule has 7 nitrogen and oxygen atoms in total. The summed E-state index contributed by atoms with van der Waals surface area (Å²) in [6.45, 7) is 8.78. The molecule has 3 heterocycles. The van der Waals surface area contributed by atoms with Crippen LogP contribution in [0.5, 0.6) is 0 Å². The molecule has 38 heavy (non-hydrogen) atoms. The van der Waals surface area contributed by atoms with Crippen molar-refractivity contribution in [3.05, 3.63) is 77.2 Å². The third-order valence-corrected chi connectivity index (χ3v) is 8.36. The van der Waals surface area contributed by atoms with Crippen LogP contribution in [0.15, 0.2) is 71.1 Å². The summed E-state index contributed by atoms with van der Waals surface area (Å²) in [5, 5.41) is 15.5. The van der Waals surface area contributed by atoms with E-state index in [1.807, 2.05) is 42.1 Å². The summed E-state index contributed by atoms with van der Waals surface area (Å²) in [6.07, 6.45) is 9.66. The monoisotopic (exact) mass is 543 g/mol. The lowest BCUT2D eigenvalue weighted by atomic mass is 10.1. The Hall–Kier alpha value is -3.35. The lowest BCUT2D eigenvalue weighted by Crippen LogP contribution is -2.45. The average Bonchev–Trinajstić information content (AvgIpc) is 3.34. The van der Waals surface area contributed by atoms with Crippen LogP contribution in [0.3, 0.4) is 0 Å². The van der Waals surface area contributed by atoms with Gasteiger partial charge in [0.1, 0.15) is 6.07 Å². The summed E-state index contributed by atoms with van der Waals surface area (Å²) in [6, 6.07) is 14.2. The molecule has 1 aliphatic rings. The van der Waals surface area contributed by atoms with Crippen molar-refractivity contribution in [3.63, 3.8) is 0 Å². The highest BCUT2D eigenvalue weighted by Gasteiger charge is 2.14. The Morgan fingerprint density at radius 2 is 1.92 bits per heavy atom. The molecule has 9 heteroatoms. The predicted molar refractivity (Wildman–Crippen MR) is 156 cm³/mol. The molecule has 0 radical (unpaired) electrons. The van der Waals surface area contributed by atoms with E-state index in [2.05, 4.69) is 62.4 Å². The third kappa shape index (κ3) is 6.03. The first-order chi connectivity index (χ1) is 18.5. The molecule has 2 aromatic heterocycles. The summed E-state index contributed by atoms with van der Waals surface area (Å²) in [7, 11) is 1.95. The first-order valence-electron chi connectivity index (χ1n) is 12.7. The van der Waals surface area contributed by atoms with Crippen molar-refractivity contribution < 1.29 is 0 Å². The molecule has 1 fully saturated rings. The molecule has 1 saturated heterocycles. The van der Waals surface area contributed by atoms with Crippen LogP contribution in [0.4, 0.5) is 11.4 Å². The van der Waals surface area contributed by atoms with Gasteiger partial charge in [-0.1, -0.05) is 54.6 Å². The summed E-state index contributed by atoms with van der Waals surface area (Å²) in [4.78, 5) is 14.8. The smallest absolute Gasteiger partial charge is 0.172 e. The fourth-order valence-corrected chi connectivity index (χ4v) is 5.62. The number of piperazine rings is 1. The number of halogens is 1. The van der Waals surface area contributed by atoms with Crippen LogP contribution in [-0.4, -0.2) is 63.6 Å². The van der Waals surface area contributed by atoms with Crippen molar-refractivity contribution in [3.8, 4) is 6.07 Å². The number of nitriles is 1. The van der Waals surface area contributed by atoms with E-state index in [0.29, 0.717) is 10.6 Å². The van der Waals surface area contributed by atoms with E-state index in [1.54, 1.807) is 12.4 Å². The van der Waals surface area contributed by atoms with Crippen molar-refractivity contribution in [2.24, 2.45) is 7.05 Å². The van der Waals surface area contributed by atoms with E-state index in [1.165, 1.54) is 11.8 Å². The zero-order valence-corrected chi connectivity index (χ0v) is 23.1. The number of fused-ring (bicyclic) bond motifs is 1. The normalized spacial score (nSPS) is 14.8. The Labute approximate surface area is 232 Å². The zero-order valence-electron chi connectivity index (χ0n) is 21.6. The Balaban J connectivity index is 1.32. The molecule has 0 amide bonds. The first-order valence-corrected chi connectivity index (χ1v) is 13.9. The third-order valence-electron chi connectivity index (χ3n) is 6.78. The molecule has 0 aliphatic carbocycles. The number of nitrogens with zero attached hydrogens (tertiary/aromatic N) is 6. The number of rotatable bonds is 8. The molecule has 2 aromatic carbocycles. The molecular weight excluding hydrogens is 514 g/mol. The molecule has 4 aromatic rings. The number of likely N-dealkylation sites (N-methyl/N-ethyl adjacent to an activating group) is 1. The average molecular weight is 544 g/mol. The summed E-state index contributed by atoms with van der Waals surface area (Å²) < 4.78 is 1.95. The second-order valence-electron chi connectivity index (χ2n) is 9.27. The van der Waals surface area contributed by atoms with Gasteiger partial charge < -0.3 is 14.8 Å². The maximum Gasteiger partial charge on any atom is 0.172 e. The second-order valence-corrected chi connectivity index (χ2v) is 10.7. The fourth-order valence-electron chi connectivity index (χ4n) is 4.51. The SMILES string of the molecule is CCN1CCN(C/C=C/c2ccc3c(Nc4ccc(Sc5nccn5C)c(Cl)c4)c(C#N)cnc3c2)CC1. The van der Waals surface area contributed by atoms with Crippen molar-refractivity contribution in [2.75, 3.05) is 44.6 Å². The Morgan fingerprint density at radius 3 is 2.63 bits per heavy atom. The number of anilines is 2. The topological polar surface area (TPSA) is 73.0 Å². The van der Waals surface area contributed by atoms with E-state index in [-0.39, 0.29) is 0 Å². The number of aromatic nitrogens is 3. The van der Waals surface area contributed by atoms with Crippen LogP contribution in [0, 0.1) is 11.3 Å². The van der Waals surface area contributed by atoms with Crippen LogP contribution in [0.1, 0.15) is 18.1 Å². The van der Waals surface area contributed by atoms with E-state index >= 15 is 0 Å². The molecule has 0 atom stereocenters. The predicted octanol–water partition coefficient (Wildman–Crippen LogP) is 6.04. The van der Waals surface area contributed by atoms with Gasteiger partial charge in [-0.25, -0.2) is 4.98 Å². The molecule has 0 unspecified atom stereocenters. The molecular formula is C29H30ClN7S. The standard InChI is InChI=1S/C29H30ClN7S/c1-3-36-13-15-37(16-14-36)11-4-5-21-6-8-24-26(17-21)33-20-22(19-31)28(24)34-23-7-9-27(25(30)18-23)38-29-32-10-12-35(29)2/h4-10,12,17-18,20H,3,11,13-16H2,1-2H3,(H,33,34)/b5-4+. The summed E-state index contributed by atoms with van der Waals surface area (Å²) in [5.41, 5.74) is 3.93. The maximum atomic E-state index is 9.76. The minimum Gasteiger partial charge on any atom is -0.354 e. The number of pyridine rings is 1. The second kappa shape index (κ2) is 12.0. The minimum absolute atomic E-state index is 0.481. The van der Waals surface area contributed by atoms with E-state index in [4.69, 9.17) is 11.6 Å². The Bertz CT molecular complexity index is 1500. The highest BCUT2D eigenvalue weighted by molar-refractivity contribution is 7.99. The molecule has 0 bridgehead atoms. The molecule has 1 aliphatic heterocycles. The van der Waals surface area contributed by atoms with Crippen LogP contribution < -0.4 is 5.32 Å². The number of nitrogens with one attached hydrogen (secondary N) is 1. The lowest BCUT2D eigenvalue weighted by molar-refractivity contribution is 0.148. The minimum atomic E-state index is 0.481. The van der Waals surface area contributed by atoms with Gasteiger partial charge in [-0.2, -0.15) is 5.26 Å². The van der Waals surface area contributed by atoms with Crippen molar-refractivity contribution >= 4 is 51.7 Å². The van der Waals surface area contributed by atoms with Gasteiger partial charge in [-0.05, 0) is 36.4 Å². The molecule has 0 spiro atoms. The van der Waals surface area contributed by atoms with Crippen LogP contribution in [-0.2, 0) is 7.05 Å². The van der Waals surface area contributed by atoms with Crippen molar-refractivity contribution in [1.29, 1.82) is 5.26 Å². The zero-order chi connectivity index (χ0) is 26.5. The largest absolute Gasteiger partial charge is 0.354 e. The van der Waals surface area contributed by atoms with Gasteiger partial charge in [-0.15, -0.1) is 0 Å². The molecule has 5 rings (SSSR count). The van der Waals surface area contributed by atoms with Gasteiger partial charge in [0.15, 0.2) is 5.16 Å². The summed E-state index contributed by atoms with van der Waals surface area (Å²) in [5.74, 6) is 0. The number of aryl methyl sites for hydroxylation is 1. The number of imidazole rings is 1. The number of hydrogen-bond acceptors (Lipinski definition) is 7. The number of benzene rings is 2. The van der Waals surface area contributed by atoms with Gasteiger partial charge in [0, 0.05) is 74.3 Å². The van der Waals surface area contributed by atoms with Gasteiger partial charge in [0.2, 0.25) is 0 Å². The van der Waals surface area contributed by atoms with Crippen LogP contribution >= 0.6 is 23.4 Å². The van der Waals surface area contributed by atoms with Crippen molar-refractivity contribution in [2.45, 2.75) is 17.0 Å².